The number of nitrogen functional groups attached to an aromatic ring is 1. The molecule has 0 spiro atoms. The van der Waals surface area contributed by atoms with Gasteiger partial charge in [0.05, 0.1) is 23.5 Å². The van der Waals surface area contributed by atoms with Gasteiger partial charge in [0.1, 0.15) is 0 Å². The van der Waals surface area contributed by atoms with Crippen LogP contribution in [-0.2, 0) is 30.5 Å². The smallest absolute Gasteiger partial charge is 0.229 e. The number of anilines is 2. The maximum Gasteiger partial charge on any atom is 0.229 e. The monoisotopic (exact) mass is 490 g/mol. The molecule has 1 fully saturated rings. The highest BCUT2D eigenvalue weighted by Gasteiger charge is 2.25. The van der Waals surface area contributed by atoms with Gasteiger partial charge in [-0.1, -0.05) is 59.8 Å². The van der Waals surface area contributed by atoms with E-state index >= 15 is 0 Å². The molecule has 5 nitrogen and oxygen atoms in total. The van der Waals surface area contributed by atoms with Crippen molar-refractivity contribution in [2.45, 2.75) is 51.4 Å². The second-order valence-electron chi connectivity index (χ2n) is 8.94. The standard InChI is InChI=1S/C26H27BrN4O/c27-19-8-5-17(6-9-19)14-24(32)31-26-23(13-16-3-1-2-4-16)29-25-21-11-10-20(28)15-18(21)7-12-22(25)30-26/h5-6,8-11,15-16H,1-4,7,12-14,28H2,(H,30,31,32). The van der Waals surface area contributed by atoms with Crippen molar-refractivity contribution in [2.75, 3.05) is 11.1 Å². The summed E-state index contributed by atoms with van der Waals surface area (Å²) in [7, 11) is 0. The molecule has 164 valence electrons. The zero-order valence-corrected chi connectivity index (χ0v) is 19.6. The number of rotatable bonds is 5. The first-order valence-corrected chi connectivity index (χ1v) is 12.2. The Morgan fingerprint density at radius 2 is 1.84 bits per heavy atom. The Bertz CT molecular complexity index is 1150. The average molecular weight is 491 g/mol. The van der Waals surface area contributed by atoms with Crippen molar-refractivity contribution in [1.82, 2.24) is 9.97 Å². The molecule has 0 saturated heterocycles. The van der Waals surface area contributed by atoms with Crippen molar-refractivity contribution in [3.05, 3.63) is 69.5 Å². The lowest BCUT2D eigenvalue weighted by Crippen LogP contribution is -2.20. The summed E-state index contributed by atoms with van der Waals surface area (Å²) in [6.07, 6.45) is 7.85. The molecule has 3 aromatic rings. The van der Waals surface area contributed by atoms with Gasteiger partial charge in [-0.25, -0.2) is 9.97 Å². The summed E-state index contributed by atoms with van der Waals surface area (Å²) in [4.78, 5) is 22.9. The number of amides is 1. The van der Waals surface area contributed by atoms with Crippen LogP contribution in [0, 0.1) is 5.92 Å². The summed E-state index contributed by atoms with van der Waals surface area (Å²) in [5, 5.41) is 3.09. The Morgan fingerprint density at radius 1 is 1.06 bits per heavy atom. The maximum atomic E-state index is 12.9. The van der Waals surface area contributed by atoms with Crippen molar-refractivity contribution in [3.63, 3.8) is 0 Å². The lowest BCUT2D eigenvalue weighted by molar-refractivity contribution is -0.115. The molecule has 2 aliphatic rings. The number of nitrogens with one attached hydrogen (secondary N) is 1. The summed E-state index contributed by atoms with van der Waals surface area (Å²) < 4.78 is 1.00. The molecule has 6 heteroatoms. The molecule has 0 bridgehead atoms. The van der Waals surface area contributed by atoms with E-state index in [9.17, 15) is 4.79 Å². The fourth-order valence-electron chi connectivity index (χ4n) is 4.89. The number of carbonyl (C=O) groups excluding carboxylic acids is 1. The fourth-order valence-corrected chi connectivity index (χ4v) is 5.16. The first-order valence-electron chi connectivity index (χ1n) is 11.4. The molecule has 1 heterocycles. The van der Waals surface area contributed by atoms with Crippen LogP contribution in [-0.4, -0.2) is 15.9 Å². The number of aromatic nitrogens is 2. The van der Waals surface area contributed by atoms with E-state index in [-0.39, 0.29) is 5.91 Å². The van der Waals surface area contributed by atoms with Crippen molar-refractivity contribution >= 4 is 33.3 Å². The minimum absolute atomic E-state index is 0.0572. The van der Waals surface area contributed by atoms with Crippen LogP contribution >= 0.6 is 15.9 Å². The van der Waals surface area contributed by atoms with Gasteiger partial charge in [-0.05, 0) is 60.6 Å². The van der Waals surface area contributed by atoms with Crippen LogP contribution in [0.5, 0.6) is 0 Å². The van der Waals surface area contributed by atoms with Gasteiger partial charge in [-0.15, -0.1) is 0 Å². The number of nitrogens with zero attached hydrogens (tertiary/aromatic N) is 2. The van der Waals surface area contributed by atoms with Gasteiger partial charge in [-0.3, -0.25) is 4.79 Å². The second kappa shape index (κ2) is 9.02. The predicted octanol–water partition coefficient (Wildman–Crippen LogP) is 5.50. The van der Waals surface area contributed by atoms with Crippen LogP contribution in [0.25, 0.3) is 11.3 Å². The van der Waals surface area contributed by atoms with Crippen LogP contribution < -0.4 is 11.1 Å². The minimum atomic E-state index is -0.0572. The molecule has 1 aromatic heterocycles. The number of fused-ring (bicyclic) bond motifs is 3. The normalized spacial score (nSPS) is 15.3. The molecule has 5 rings (SSSR count). The molecule has 0 aliphatic heterocycles. The first-order chi connectivity index (χ1) is 15.5. The third-order valence-corrected chi connectivity index (χ3v) is 7.08. The molecule has 0 radical (unpaired) electrons. The Balaban J connectivity index is 1.46. The van der Waals surface area contributed by atoms with Gasteiger partial charge < -0.3 is 11.1 Å². The van der Waals surface area contributed by atoms with Gasteiger partial charge in [0, 0.05) is 15.7 Å². The third-order valence-electron chi connectivity index (χ3n) is 6.55. The topological polar surface area (TPSA) is 80.9 Å². The third kappa shape index (κ3) is 4.56. The molecule has 0 atom stereocenters. The number of hydrogen-bond acceptors (Lipinski definition) is 4. The molecule has 32 heavy (non-hydrogen) atoms. The van der Waals surface area contributed by atoms with Crippen molar-refractivity contribution in [2.24, 2.45) is 5.92 Å². The van der Waals surface area contributed by atoms with E-state index in [1.165, 1.54) is 31.2 Å². The van der Waals surface area contributed by atoms with E-state index in [0.717, 1.165) is 57.6 Å². The van der Waals surface area contributed by atoms with Crippen molar-refractivity contribution < 1.29 is 4.79 Å². The van der Waals surface area contributed by atoms with Gasteiger partial charge in [-0.2, -0.15) is 0 Å². The van der Waals surface area contributed by atoms with Crippen molar-refractivity contribution in [3.8, 4) is 11.3 Å². The number of nitrogens with two attached hydrogens (primary N) is 1. The highest BCUT2D eigenvalue weighted by atomic mass is 79.9. The SMILES string of the molecule is Nc1ccc2c(c1)CCc1nc(NC(=O)Cc3ccc(Br)cc3)c(CC3CCCC3)nc1-2. The van der Waals surface area contributed by atoms with Crippen LogP contribution in [0.2, 0.25) is 0 Å². The Morgan fingerprint density at radius 3 is 2.62 bits per heavy atom. The molecule has 1 amide bonds. The summed E-state index contributed by atoms with van der Waals surface area (Å²) in [6.45, 7) is 0. The quantitative estimate of drug-likeness (QED) is 0.462. The minimum Gasteiger partial charge on any atom is -0.399 e. The number of halogens is 1. The van der Waals surface area contributed by atoms with Crippen LogP contribution in [0.3, 0.4) is 0 Å². The summed E-state index contributed by atoms with van der Waals surface area (Å²) >= 11 is 3.44. The summed E-state index contributed by atoms with van der Waals surface area (Å²) in [5.74, 6) is 1.19. The van der Waals surface area contributed by atoms with Gasteiger partial charge in [0.25, 0.3) is 0 Å². The maximum absolute atomic E-state index is 12.9. The van der Waals surface area contributed by atoms with E-state index in [1.807, 2.05) is 36.4 Å². The molecule has 2 aromatic carbocycles. The lowest BCUT2D eigenvalue weighted by Gasteiger charge is -2.22. The number of benzene rings is 2. The van der Waals surface area contributed by atoms with E-state index in [4.69, 9.17) is 15.7 Å². The predicted molar refractivity (Wildman–Crippen MR) is 131 cm³/mol. The number of carbonyl (C=O) groups is 1. The van der Waals surface area contributed by atoms with Crippen molar-refractivity contribution in [1.29, 1.82) is 0 Å². The number of aryl methyl sites for hydroxylation is 2. The second-order valence-corrected chi connectivity index (χ2v) is 9.85. The Labute approximate surface area is 197 Å². The number of hydrogen-bond donors (Lipinski definition) is 2. The van der Waals surface area contributed by atoms with E-state index in [0.29, 0.717) is 18.2 Å². The van der Waals surface area contributed by atoms with Crippen LogP contribution in [0.4, 0.5) is 11.5 Å². The largest absolute Gasteiger partial charge is 0.399 e. The zero-order valence-electron chi connectivity index (χ0n) is 18.0. The van der Waals surface area contributed by atoms with Gasteiger partial charge in [0.2, 0.25) is 5.91 Å². The van der Waals surface area contributed by atoms with E-state index < -0.39 is 0 Å². The molecular weight excluding hydrogens is 464 g/mol. The molecule has 0 unspecified atom stereocenters. The summed E-state index contributed by atoms with van der Waals surface area (Å²) in [6, 6.07) is 13.9. The van der Waals surface area contributed by atoms with Crippen LogP contribution in [0.1, 0.15) is 48.2 Å². The van der Waals surface area contributed by atoms with E-state index in [1.54, 1.807) is 0 Å². The van der Waals surface area contributed by atoms with Crippen LogP contribution in [0.15, 0.2) is 46.9 Å². The van der Waals surface area contributed by atoms with Gasteiger partial charge >= 0.3 is 0 Å². The van der Waals surface area contributed by atoms with E-state index in [2.05, 4.69) is 27.3 Å². The Kier molecular flexibility index (Phi) is 5.96. The molecule has 1 saturated carbocycles. The Hall–Kier alpha value is -2.73. The molecular formula is C26H27BrN4O. The first kappa shape index (κ1) is 21.1. The molecule has 3 N–H and O–H groups in total. The zero-order chi connectivity index (χ0) is 22.1. The highest BCUT2D eigenvalue weighted by Crippen LogP contribution is 2.36. The fraction of sp³-hybridized carbons (Fsp3) is 0.346. The molecule has 2 aliphatic carbocycles. The lowest BCUT2D eigenvalue weighted by atomic mass is 9.91. The van der Waals surface area contributed by atoms with Gasteiger partial charge in [0.15, 0.2) is 5.82 Å². The average Bonchev–Trinajstić information content (AvgIpc) is 3.29. The highest BCUT2D eigenvalue weighted by molar-refractivity contribution is 9.10. The summed E-state index contributed by atoms with van der Waals surface area (Å²) in [5.41, 5.74) is 12.9.